The Morgan fingerprint density at radius 2 is 1.45 bits per heavy atom. The molecule has 6 aliphatic rings. The van der Waals surface area contributed by atoms with E-state index in [1.807, 2.05) is 0 Å². The average molecular weight is 429 g/mol. The molecule has 0 spiro atoms. The molecule has 0 saturated heterocycles. The summed E-state index contributed by atoms with van der Waals surface area (Å²) in [5.74, 6) is 4.86. The summed E-state index contributed by atoms with van der Waals surface area (Å²) in [6.45, 7) is 2.73. The first-order chi connectivity index (χ1) is 15.1. The van der Waals surface area contributed by atoms with Gasteiger partial charge in [-0.25, -0.2) is 0 Å². The molecule has 0 aromatic rings. The van der Waals surface area contributed by atoms with Gasteiger partial charge in [0.2, 0.25) is 0 Å². The summed E-state index contributed by atoms with van der Waals surface area (Å²) in [5.41, 5.74) is -0.0132. The molecule has 6 bridgehead atoms. The van der Waals surface area contributed by atoms with E-state index in [4.69, 9.17) is 4.74 Å². The van der Waals surface area contributed by atoms with Crippen LogP contribution in [0.5, 0.6) is 0 Å². The van der Waals surface area contributed by atoms with Gasteiger partial charge in [0.15, 0.2) is 5.78 Å². The minimum atomic E-state index is -0.0124. The number of ether oxygens (including phenoxy) is 1. The topological polar surface area (TPSA) is 26.3 Å². The van der Waals surface area contributed by atoms with E-state index in [0.717, 1.165) is 29.6 Å². The van der Waals surface area contributed by atoms with E-state index in [2.05, 4.69) is 6.92 Å². The predicted octanol–water partition coefficient (Wildman–Crippen LogP) is 7.88. The molecule has 5 atom stereocenters. The third-order valence-electron chi connectivity index (χ3n) is 10.5. The van der Waals surface area contributed by atoms with E-state index in [9.17, 15) is 4.79 Å². The van der Waals surface area contributed by atoms with Crippen LogP contribution in [0.25, 0.3) is 0 Å². The Morgan fingerprint density at radius 3 is 2.23 bits per heavy atom. The van der Waals surface area contributed by atoms with Crippen molar-refractivity contribution >= 4 is 5.78 Å². The van der Waals surface area contributed by atoms with Crippen molar-refractivity contribution in [3.8, 4) is 0 Å². The largest absolute Gasteiger partial charge is 0.367 e. The zero-order valence-electron chi connectivity index (χ0n) is 20.3. The van der Waals surface area contributed by atoms with E-state index in [0.29, 0.717) is 12.4 Å². The van der Waals surface area contributed by atoms with Gasteiger partial charge >= 0.3 is 0 Å². The first kappa shape index (κ1) is 22.4. The van der Waals surface area contributed by atoms with Gasteiger partial charge in [0.1, 0.15) is 6.61 Å². The van der Waals surface area contributed by atoms with Crippen molar-refractivity contribution in [2.75, 3.05) is 6.61 Å². The second-order valence-electron chi connectivity index (χ2n) is 12.9. The summed E-state index contributed by atoms with van der Waals surface area (Å²) in [7, 11) is 0. The van der Waals surface area contributed by atoms with Gasteiger partial charge in [0, 0.05) is 5.41 Å². The molecule has 0 aliphatic heterocycles. The van der Waals surface area contributed by atoms with Crippen LogP contribution in [0.3, 0.4) is 0 Å². The fraction of sp³-hybridized carbons (Fsp3) is 0.966. The van der Waals surface area contributed by atoms with Crippen molar-refractivity contribution < 1.29 is 9.53 Å². The second-order valence-corrected chi connectivity index (χ2v) is 12.9. The zero-order valence-corrected chi connectivity index (χ0v) is 20.3. The summed E-state index contributed by atoms with van der Waals surface area (Å²) in [4.78, 5) is 13.8. The number of Topliss-reactive ketones (excluding diaryl/α,β-unsaturated/α-hetero) is 1. The van der Waals surface area contributed by atoms with Gasteiger partial charge in [-0.2, -0.15) is 0 Å². The quantitative estimate of drug-likeness (QED) is 0.367. The highest BCUT2D eigenvalue weighted by Gasteiger charge is 2.51. The first-order valence-corrected chi connectivity index (χ1v) is 14.3. The van der Waals surface area contributed by atoms with Crippen LogP contribution < -0.4 is 0 Å². The number of fused-ring (bicyclic) bond motifs is 3. The van der Waals surface area contributed by atoms with E-state index in [1.54, 1.807) is 0 Å². The monoisotopic (exact) mass is 428 g/mol. The van der Waals surface area contributed by atoms with Gasteiger partial charge in [0.05, 0.1) is 5.60 Å². The van der Waals surface area contributed by atoms with Crippen molar-refractivity contribution in [3.05, 3.63) is 0 Å². The maximum atomic E-state index is 13.8. The molecular formula is C29H48O2. The standard InChI is InChI=1S/C29H48O2/c1-2-3-6-11-29(13-10-22-7-4-5-8-24(14-22)20-29)31-21-27(30)28-12-9-23-15-25(18-28)17-26(16-23)19-28/h22-26H,2-21H2,1H3/t22-,23?,24-,25?,26?,28?,29-/m1/s1. The van der Waals surface area contributed by atoms with Crippen LogP contribution >= 0.6 is 0 Å². The van der Waals surface area contributed by atoms with E-state index in [1.165, 1.54) is 122 Å². The van der Waals surface area contributed by atoms with Crippen LogP contribution in [0.4, 0.5) is 0 Å². The summed E-state index contributed by atoms with van der Waals surface area (Å²) in [6, 6.07) is 0. The third kappa shape index (κ3) is 4.95. The highest BCUT2D eigenvalue weighted by Crippen LogP contribution is 2.57. The summed E-state index contributed by atoms with van der Waals surface area (Å²) in [6.07, 6.45) is 25.1. The van der Waals surface area contributed by atoms with Gasteiger partial charge in [-0.15, -0.1) is 0 Å². The number of hydrogen-bond donors (Lipinski definition) is 0. The molecule has 0 amide bonds. The summed E-state index contributed by atoms with van der Waals surface area (Å²) < 4.78 is 6.89. The highest BCUT2D eigenvalue weighted by molar-refractivity contribution is 5.86. The van der Waals surface area contributed by atoms with Crippen molar-refractivity contribution in [3.63, 3.8) is 0 Å². The molecule has 6 aliphatic carbocycles. The molecule has 6 rings (SSSR count). The molecule has 0 heterocycles. The molecule has 31 heavy (non-hydrogen) atoms. The number of carbonyl (C=O) groups excluding carboxylic acids is 1. The fourth-order valence-electron chi connectivity index (χ4n) is 9.13. The van der Waals surface area contributed by atoms with Gasteiger partial charge in [-0.1, -0.05) is 51.9 Å². The minimum Gasteiger partial charge on any atom is -0.367 e. The van der Waals surface area contributed by atoms with Crippen molar-refractivity contribution in [2.45, 2.75) is 135 Å². The van der Waals surface area contributed by atoms with Crippen LogP contribution in [0.2, 0.25) is 0 Å². The molecule has 0 N–H and O–H groups in total. The fourth-order valence-corrected chi connectivity index (χ4v) is 9.13. The van der Waals surface area contributed by atoms with Crippen LogP contribution in [0, 0.1) is 35.0 Å². The lowest BCUT2D eigenvalue weighted by Gasteiger charge is -2.45. The molecule has 2 unspecified atom stereocenters. The molecule has 2 nitrogen and oxygen atoms in total. The van der Waals surface area contributed by atoms with Gasteiger partial charge in [0.25, 0.3) is 0 Å². The molecule has 2 heteroatoms. The predicted molar refractivity (Wildman–Crippen MR) is 127 cm³/mol. The van der Waals surface area contributed by atoms with Crippen LogP contribution in [-0.2, 0) is 9.53 Å². The Morgan fingerprint density at radius 1 is 0.774 bits per heavy atom. The van der Waals surface area contributed by atoms with Crippen molar-refractivity contribution in [1.29, 1.82) is 0 Å². The SMILES string of the molecule is CCCCC[C@@]1(OCC(=O)C23CCC4CC(CC(C4)C2)C3)CC[C@H]2CCCC[C@H](C2)C1. The summed E-state index contributed by atoms with van der Waals surface area (Å²) in [5, 5.41) is 0. The minimum absolute atomic E-state index is 0.000853. The molecular weight excluding hydrogens is 380 g/mol. The number of rotatable bonds is 8. The first-order valence-electron chi connectivity index (χ1n) is 14.3. The Hall–Kier alpha value is -0.370. The van der Waals surface area contributed by atoms with Gasteiger partial charge < -0.3 is 4.74 Å². The number of ketones is 1. The lowest BCUT2D eigenvalue weighted by atomic mass is 9.60. The van der Waals surface area contributed by atoms with Crippen molar-refractivity contribution in [1.82, 2.24) is 0 Å². The lowest BCUT2D eigenvalue weighted by Crippen LogP contribution is -2.44. The smallest absolute Gasteiger partial charge is 0.164 e. The summed E-state index contributed by atoms with van der Waals surface area (Å²) >= 11 is 0. The van der Waals surface area contributed by atoms with Crippen LogP contribution in [-0.4, -0.2) is 18.0 Å². The number of unbranched alkanes of at least 4 members (excludes halogenated alkanes) is 2. The molecule has 176 valence electrons. The number of hydrogen-bond acceptors (Lipinski definition) is 2. The lowest BCUT2D eigenvalue weighted by molar-refractivity contribution is -0.148. The van der Waals surface area contributed by atoms with Crippen LogP contribution in [0.1, 0.15) is 129 Å². The molecule has 6 fully saturated rings. The number of carbonyl (C=O) groups is 1. The maximum absolute atomic E-state index is 13.8. The molecule has 0 aromatic carbocycles. The Balaban J connectivity index is 1.28. The highest BCUT2D eigenvalue weighted by atomic mass is 16.5. The van der Waals surface area contributed by atoms with Crippen molar-refractivity contribution in [2.24, 2.45) is 35.0 Å². The zero-order chi connectivity index (χ0) is 21.3. The van der Waals surface area contributed by atoms with E-state index >= 15 is 0 Å². The van der Waals surface area contributed by atoms with E-state index < -0.39 is 0 Å². The average Bonchev–Trinajstić information content (AvgIpc) is 3.18. The van der Waals surface area contributed by atoms with Gasteiger partial charge in [-0.3, -0.25) is 4.79 Å². The Labute approximate surface area is 191 Å². The van der Waals surface area contributed by atoms with E-state index in [-0.39, 0.29) is 11.0 Å². The molecule has 0 aromatic heterocycles. The normalized spacial score (nSPS) is 44.5. The van der Waals surface area contributed by atoms with Crippen LogP contribution in [0.15, 0.2) is 0 Å². The Bertz CT molecular complexity index is 612. The molecule has 6 saturated carbocycles. The molecule has 0 radical (unpaired) electrons. The Kier molecular flexibility index (Phi) is 6.85. The second kappa shape index (κ2) is 9.47. The maximum Gasteiger partial charge on any atom is 0.164 e. The van der Waals surface area contributed by atoms with Gasteiger partial charge in [-0.05, 0) is 107 Å². The third-order valence-corrected chi connectivity index (χ3v) is 10.5.